The van der Waals surface area contributed by atoms with Crippen molar-refractivity contribution in [2.75, 3.05) is 17.7 Å². The highest BCUT2D eigenvalue weighted by molar-refractivity contribution is 7.99. The summed E-state index contributed by atoms with van der Waals surface area (Å²) in [6, 6.07) is 10.4. The number of rotatable bonds is 9. The Balaban J connectivity index is 1.28. The Morgan fingerprint density at radius 1 is 1.26 bits per heavy atom. The summed E-state index contributed by atoms with van der Waals surface area (Å²) in [6.07, 6.45) is 1.17. The summed E-state index contributed by atoms with van der Waals surface area (Å²) in [5.41, 5.74) is 1.91. The molecule has 1 amide bonds. The number of benzene rings is 1. The lowest BCUT2D eigenvalue weighted by atomic mass is 10.1. The molecule has 0 spiro atoms. The van der Waals surface area contributed by atoms with Gasteiger partial charge < -0.3 is 14.6 Å². The first kappa shape index (κ1) is 21.5. The Morgan fingerprint density at radius 2 is 2.06 bits per heavy atom. The van der Waals surface area contributed by atoms with Gasteiger partial charge in [-0.05, 0) is 24.8 Å². The minimum Gasteiger partial charge on any atom is -0.466 e. The summed E-state index contributed by atoms with van der Waals surface area (Å²) in [5.74, 6) is 1.51. The van der Waals surface area contributed by atoms with Gasteiger partial charge in [-0.2, -0.15) is 0 Å². The number of carbonyl (C=O) groups excluding carboxylic acids is 2. The molecule has 10 heteroatoms. The summed E-state index contributed by atoms with van der Waals surface area (Å²) in [4.78, 5) is 28.1. The molecule has 1 aromatic carbocycles. The molecule has 2 heterocycles. The van der Waals surface area contributed by atoms with Crippen molar-refractivity contribution in [1.29, 1.82) is 0 Å². The summed E-state index contributed by atoms with van der Waals surface area (Å²) in [5, 5.41) is 14.3. The first-order chi connectivity index (χ1) is 15.0. The van der Waals surface area contributed by atoms with E-state index < -0.39 is 0 Å². The van der Waals surface area contributed by atoms with E-state index in [9.17, 15) is 9.59 Å². The highest BCUT2D eigenvalue weighted by atomic mass is 32.2. The van der Waals surface area contributed by atoms with Crippen LogP contribution in [0.1, 0.15) is 42.3 Å². The second-order valence-electron chi connectivity index (χ2n) is 7.22. The van der Waals surface area contributed by atoms with Gasteiger partial charge in [-0.25, -0.2) is 4.98 Å². The van der Waals surface area contributed by atoms with Gasteiger partial charge in [-0.15, -0.1) is 21.5 Å². The summed E-state index contributed by atoms with van der Waals surface area (Å²) >= 11 is 2.63. The molecule has 1 aliphatic carbocycles. The van der Waals surface area contributed by atoms with Crippen LogP contribution >= 0.6 is 23.1 Å². The number of esters is 1. The lowest BCUT2D eigenvalue weighted by Crippen LogP contribution is -2.14. The number of thioether (sulfide) groups is 1. The fraction of sp³-hybridized carbons (Fsp3) is 0.381. The number of hydrogen-bond acceptors (Lipinski definition) is 8. The van der Waals surface area contributed by atoms with E-state index in [1.807, 2.05) is 17.7 Å². The SMILES string of the molecule is CCOC(=O)Cc1csc(NC(=O)CSc2nnc(C3CC3c3ccccc3)n2C)n1. The van der Waals surface area contributed by atoms with Crippen molar-refractivity contribution >= 4 is 40.1 Å². The summed E-state index contributed by atoms with van der Waals surface area (Å²) < 4.78 is 6.89. The van der Waals surface area contributed by atoms with Crippen molar-refractivity contribution in [3.05, 3.63) is 52.8 Å². The van der Waals surface area contributed by atoms with Gasteiger partial charge in [0.15, 0.2) is 10.3 Å². The van der Waals surface area contributed by atoms with E-state index in [1.165, 1.54) is 28.7 Å². The number of nitrogens with one attached hydrogen (secondary N) is 1. The molecule has 1 N–H and O–H groups in total. The fourth-order valence-corrected chi connectivity index (χ4v) is 4.86. The average Bonchev–Trinajstić information content (AvgIpc) is 3.29. The minimum absolute atomic E-state index is 0.0990. The van der Waals surface area contributed by atoms with E-state index in [-0.39, 0.29) is 24.1 Å². The van der Waals surface area contributed by atoms with Crippen molar-refractivity contribution in [2.45, 2.75) is 36.8 Å². The van der Waals surface area contributed by atoms with E-state index in [0.717, 1.165) is 12.2 Å². The van der Waals surface area contributed by atoms with E-state index in [2.05, 4.69) is 44.8 Å². The molecular formula is C21H23N5O3S2. The van der Waals surface area contributed by atoms with Crippen LogP contribution in [-0.2, 0) is 27.8 Å². The Hall–Kier alpha value is -2.72. The zero-order valence-electron chi connectivity index (χ0n) is 17.3. The Morgan fingerprint density at radius 3 is 2.84 bits per heavy atom. The third-order valence-corrected chi connectivity index (χ3v) is 6.81. The first-order valence-corrected chi connectivity index (χ1v) is 11.9. The van der Waals surface area contributed by atoms with Crippen molar-refractivity contribution < 1.29 is 14.3 Å². The molecule has 162 valence electrons. The van der Waals surface area contributed by atoms with Gasteiger partial charge in [0, 0.05) is 18.3 Å². The number of thiazole rings is 1. The number of aromatic nitrogens is 4. The molecule has 2 atom stereocenters. The molecule has 0 radical (unpaired) electrons. The molecule has 8 nitrogen and oxygen atoms in total. The monoisotopic (exact) mass is 457 g/mol. The Labute approximate surface area is 188 Å². The molecule has 3 aromatic rings. The highest BCUT2D eigenvalue weighted by Gasteiger charge is 2.42. The lowest BCUT2D eigenvalue weighted by Gasteiger charge is -2.04. The molecule has 2 aromatic heterocycles. The third-order valence-electron chi connectivity index (χ3n) is 4.98. The van der Waals surface area contributed by atoms with Crippen molar-refractivity contribution in [3.8, 4) is 0 Å². The van der Waals surface area contributed by atoms with Crippen molar-refractivity contribution in [2.24, 2.45) is 7.05 Å². The van der Waals surface area contributed by atoms with E-state index in [4.69, 9.17) is 4.74 Å². The molecule has 0 saturated heterocycles. The molecule has 2 unspecified atom stereocenters. The predicted molar refractivity (Wildman–Crippen MR) is 119 cm³/mol. The molecule has 1 fully saturated rings. The summed E-state index contributed by atoms with van der Waals surface area (Å²) in [6.45, 7) is 2.09. The number of ether oxygens (including phenoxy) is 1. The standard InChI is InChI=1S/C21H23N5O3S2/c1-3-29-18(28)9-14-11-30-20(22-14)23-17(27)12-31-21-25-24-19(26(21)2)16-10-15(16)13-7-5-4-6-8-13/h4-8,11,15-16H,3,9-10,12H2,1-2H3,(H,22,23,27). The van der Waals surface area contributed by atoms with E-state index in [0.29, 0.717) is 34.4 Å². The predicted octanol–water partition coefficient (Wildman–Crippen LogP) is 3.38. The van der Waals surface area contributed by atoms with Gasteiger partial charge in [0.05, 0.1) is 24.5 Å². The van der Waals surface area contributed by atoms with Crippen LogP contribution in [-0.4, -0.2) is 44.0 Å². The first-order valence-electron chi connectivity index (χ1n) is 10.0. The summed E-state index contributed by atoms with van der Waals surface area (Å²) in [7, 11) is 1.94. The van der Waals surface area contributed by atoms with Crippen LogP contribution in [0.25, 0.3) is 0 Å². The van der Waals surface area contributed by atoms with Gasteiger partial charge >= 0.3 is 5.97 Å². The van der Waals surface area contributed by atoms with Gasteiger partial charge in [0.25, 0.3) is 0 Å². The fourth-order valence-electron chi connectivity index (χ4n) is 3.41. The van der Waals surface area contributed by atoms with Crippen molar-refractivity contribution in [3.63, 3.8) is 0 Å². The smallest absolute Gasteiger partial charge is 0.311 e. The quantitative estimate of drug-likeness (QED) is 0.388. The maximum Gasteiger partial charge on any atom is 0.311 e. The number of carbonyl (C=O) groups is 2. The number of hydrogen-bond donors (Lipinski definition) is 1. The lowest BCUT2D eigenvalue weighted by molar-refractivity contribution is -0.142. The second-order valence-corrected chi connectivity index (χ2v) is 9.02. The van der Waals surface area contributed by atoms with Crippen LogP contribution < -0.4 is 5.32 Å². The molecule has 4 rings (SSSR count). The van der Waals surface area contributed by atoms with Gasteiger partial charge in [0.2, 0.25) is 5.91 Å². The average molecular weight is 458 g/mol. The number of anilines is 1. The van der Waals surface area contributed by atoms with Crippen LogP contribution in [0.15, 0.2) is 40.9 Å². The molecule has 0 aliphatic heterocycles. The normalized spacial score (nSPS) is 17.4. The highest BCUT2D eigenvalue weighted by Crippen LogP contribution is 2.54. The van der Waals surface area contributed by atoms with Crippen LogP contribution in [0.5, 0.6) is 0 Å². The van der Waals surface area contributed by atoms with Crippen molar-refractivity contribution in [1.82, 2.24) is 19.7 Å². The van der Waals surface area contributed by atoms with Crippen LogP contribution in [0.4, 0.5) is 5.13 Å². The maximum absolute atomic E-state index is 12.3. The molecule has 1 saturated carbocycles. The third kappa shape index (κ3) is 5.31. The largest absolute Gasteiger partial charge is 0.466 e. The molecule has 0 bridgehead atoms. The zero-order chi connectivity index (χ0) is 21.8. The van der Waals surface area contributed by atoms with E-state index >= 15 is 0 Å². The van der Waals surface area contributed by atoms with Gasteiger partial charge in [0.1, 0.15) is 5.82 Å². The zero-order valence-corrected chi connectivity index (χ0v) is 18.9. The van der Waals surface area contributed by atoms with Gasteiger partial charge in [-0.3, -0.25) is 9.59 Å². The minimum atomic E-state index is -0.329. The Bertz CT molecular complexity index is 1070. The molecular weight excluding hydrogens is 434 g/mol. The molecule has 1 aliphatic rings. The Kier molecular flexibility index (Phi) is 6.67. The van der Waals surface area contributed by atoms with Crippen LogP contribution in [0.3, 0.4) is 0 Å². The number of nitrogens with zero attached hydrogens (tertiary/aromatic N) is 4. The topological polar surface area (TPSA) is 99.0 Å². The van der Waals surface area contributed by atoms with Crippen LogP contribution in [0.2, 0.25) is 0 Å². The number of amides is 1. The van der Waals surface area contributed by atoms with E-state index in [1.54, 1.807) is 12.3 Å². The van der Waals surface area contributed by atoms with Crippen LogP contribution in [0, 0.1) is 0 Å². The second kappa shape index (κ2) is 9.61. The molecule has 31 heavy (non-hydrogen) atoms. The van der Waals surface area contributed by atoms with Gasteiger partial charge in [-0.1, -0.05) is 42.1 Å². The maximum atomic E-state index is 12.3.